The molecular weight excluding hydrogens is 306 g/mol. The number of hydrogen-bond acceptors (Lipinski definition) is 4. The molecular formula is C18H19N3O3. The summed E-state index contributed by atoms with van der Waals surface area (Å²) in [4.78, 5) is 24.6. The minimum atomic E-state index is -0.453. The van der Waals surface area contributed by atoms with Gasteiger partial charge in [-0.05, 0) is 11.1 Å². The van der Waals surface area contributed by atoms with Crippen molar-refractivity contribution < 1.29 is 9.72 Å². The average molecular weight is 325 g/mol. The molecule has 3 rings (SSSR count). The number of rotatable bonds is 4. The molecule has 0 aromatic heterocycles. The highest BCUT2D eigenvalue weighted by Gasteiger charge is 2.33. The van der Waals surface area contributed by atoms with Gasteiger partial charge in [-0.15, -0.1) is 0 Å². The zero-order chi connectivity index (χ0) is 17.1. The lowest BCUT2D eigenvalue weighted by Gasteiger charge is -2.16. The fourth-order valence-corrected chi connectivity index (χ4v) is 3.15. The Bertz CT molecular complexity index is 748. The second-order valence-electron chi connectivity index (χ2n) is 6.08. The Morgan fingerprint density at radius 2 is 1.92 bits per heavy atom. The third kappa shape index (κ3) is 3.44. The van der Waals surface area contributed by atoms with Crippen LogP contribution in [-0.4, -0.2) is 34.9 Å². The van der Waals surface area contributed by atoms with Gasteiger partial charge in [0.15, 0.2) is 0 Å². The van der Waals surface area contributed by atoms with Gasteiger partial charge in [-0.25, -0.2) is 0 Å². The number of non-ortho nitro benzene ring substituents is 1. The number of nitro groups is 1. The topological polar surface area (TPSA) is 89.5 Å². The third-order valence-electron chi connectivity index (χ3n) is 4.42. The molecule has 0 aliphatic carbocycles. The summed E-state index contributed by atoms with van der Waals surface area (Å²) in [5, 5.41) is 10.8. The van der Waals surface area contributed by atoms with E-state index in [0.717, 1.165) is 5.56 Å². The molecule has 2 N–H and O–H groups in total. The Kier molecular flexibility index (Phi) is 4.57. The molecule has 6 nitrogen and oxygen atoms in total. The van der Waals surface area contributed by atoms with E-state index in [0.29, 0.717) is 18.7 Å². The quantitative estimate of drug-likeness (QED) is 0.688. The van der Waals surface area contributed by atoms with Gasteiger partial charge < -0.3 is 10.6 Å². The lowest BCUT2D eigenvalue weighted by Crippen LogP contribution is -2.33. The van der Waals surface area contributed by atoms with Crippen LogP contribution in [0.2, 0.25) is 0 Å². The van der Waals surface area contributed by atoms with Gasteiger partial charge in [0.1, 0.15) is 0 Å². The van der Waals surface area contributed by atoms with Gasteiger partial charge in [-0.3, -0.25) is 14.9 Å². The van der Waals surface area contributed by atoms with Crippen LogP contribution in [0.25, 0.3) is 0 Å². The van der Waals surface area contributed by atoms with Gasteiger partial charge in [0, 0.05) is 37.2 Å². The summed E-state index contributed by atoms with van der Waals surface area (Å²) < 4.78 is 0. The van der Waals surface area contributed by atoms with Crippen LogP contribution in [0.3, 0.4) is 0 Å². The van der Waals surface area contributed by atoms with E-state index in [1.54, 1.807) is 17.0 Å². The van der Waals surface area contributed by atoms with Crippen molar-refractivity contribution in [2.45, 2.75) is 18.4 Å². The average Bonchev–Trinajstić information content (AvgIpc) is 2.98. The summed E-state index contributed by atoms with van der Waals surface area (Å²) in [5.41, 5.74) is 7.99. The van der Waals surface area contributed by atoms with Crippen LogP contribution < -0.4 is 5.73 Å². The monoisotopic (exact) mass is 325 g/mol. The summed E-state index contributed by atoms with van der Waals surface area (Å²) in [5.74, 6) is 0.0737. The molecule has 0 unspecified atom stereocenters. The van der Waals surface area contributed by atoms with E-state index < -0.39 is 4.92 Å². The van der Waals surface area contributed by atoms with Gasteiger partial charge >= 0.3 is 0 Å². The first-order valence-electron chi connectivity index (χ1n) is 7.86. The molecule has 1 heterocycles. The number of nitro benzene ring substituents is 1. The first kappa shape index (κ1) is 16.1. The van der Waals surface area contributed by atoms with E-state index in [1.165, 1.54) is 12.1 Å². The van der Waals surface area contributed by atoms with Crippen molar-refractivity contribution >= 4 is 11.6 Å². The molecule has 1 fully saturated rings. The molecule has 1 saturated heterocycles. The second-order valence-corrected chi connectivity index (χ2v) is 6.08. The van der Waals surface area contributed by atoms with Gasteiger partial charge in [-0.1, -0.05) is 42.5 Å². The number of carbonyl (C=O) groups is 1. The fourth-order valence-electron chi connectivity index (χ4n) is 3.15. The van der Waals surface area contributed by atoms with Crippen molar-refractivity contribution in [3.05, 3.63) is 75.8 Å². The predicted molar refractivity (Wildman–Crippen MR) is 90.5 cm³/mol. The molecule has 2 aromatic carbocycles. The molecule has 0 saturated carbocycles. The number of amides is 1. The van der Waals surface area contributed by atoms with Crippen LogP contribution in [0.1, 0.15) is 17.0 Å². The zero-order valence-electron chi connectivity index (χ0n) is 13.2. The summed E-state index contributed by atoms with van der Waals surface area (Å²) >= 11 is 0. The van der Waals surface area contributed by atoms with Crippen molar-refractivity contribution in [2.24, 2.45) is 5.73 Å². The number of benzene rings is 2. The fraction of sp³-hybridized carbons (Fsp3) is 0.278. The van der Waals surface area contributed by atoms with Crippen molar-refractivity contribution in [2.75, 3.05) is 13.1 Å². The molecule has 0 bridgehead atoms. The van der Waals surface area contributed by atoms with Gasteiger partial charge in [0.2, 0.25) is 5.91 Å². The van der Waals surface area contributed by atoms with Gasteiger partial charge in [-0.2, -0.15) is 0 Å². The lowest BCUT2D eigenvalue weighted by atomic mass is 9.95. The largest absolute Gasteiger partial charge is 0.340 e. The highest BCUT2D eigenvalue weighted by Crippen LogP contribution is 2.27. The highest BCUT2D eigenvalue weighted by atomic mass is 16.6. The summed E-state index contributed by atoms with van der Waals surface area (Å²) in [6.45, 7) is 1.09. The SMILES string of the molecule is N[C@@H]1CN(C(=O)Cc2cccc([N+](=O)[O-])c2)C[C@H]1c1ccccc1. The number of hydrogen-bond donors (Lipinski definition) is 1. The Morgan fingerprint density at radius 1 is 1.17 bits per heavy atom. The van der Waals surface area contributed by atoms with Crippen LogP contribution in [0, 0.1) is 10.1 Å². The van der Waals surface area contributed by atoms with Crippen molar-refractivity contribution in [3.8, 4) is 0 Å². The molecule has 2 aromatic rings. The maximum absolute atomic E-state index is 12.5. The van der Waals surface area contributed by atoms with Crippen molar-refractivity contribution in [3.63, 3.8) is 0 Å². The first-order chi connectivity index (χ1) is 11.5. The predicted octanol–water partition coefficient (Wildman–Crippen LogP) is 2.09. The van der Waals surface area contributed by atoms with Crippen LogP contribution in [0.5, 0.6) is 0 Å². The Morgan fingerprint density at radius 3 is 2.62 bits per heavy atom. The number of nitrogens with two attached hydrogens (primary N) is 1. The molecule has 0 radical (unpaired) electrons. The van der Waals surface area contributed by atoms with Gasteiger partial charge in [0.25, 0.3) is 5.69 Å². The second kappa shape index (κ2) is 6.80. The van der Waals surface area contributed by atoms with Crippen molar-refractivity contribution in [1.29, 1.82) is 0 Å². The van der Waals surface area contributed by atoms with E-state index in [2.05, 4.69) is 0 Å². The minimum absolute atomic E-state index is 0.000542. The minimum Gasteiger partial charge on any atom is -0.340 e. The van der Waals surface area contributed by atoms with Crippen molar-refractivity contribution in [1.82, 2.24) is 4.90 Å². The maximum atomic E-state index is 12.5. The Balaban J connectivity index is 1.68. The number of likely N-dealkylation sites (tertiary alicyclic amines) is 1. The third-order valence-corrected chi connectivity index (χ3v) is 4.42. The van der Waals surface area contributed by atoms with E-state index in [9.17, 15) is 14.9 Å². The normalized spacial score (nSPS) is 20.1. The number of carbonyl (C=O) groups excluding carboxylic acids is 1. The van der Waals surface area contributed by atoms with E-state index in [1.807, 2.05) is 30.3 Å². The standard InChI is InChI=1S/C18H19N3O3/c19-17-12-20(11-16(17)14-6-2-1-3-7-14)18(22)10-13-5-4-8-15(9-13)21(23)24/h1-9,16-17H,10-12,19H2/t16-,17+/m0/s1. The smallest absolute Gasteiger partial charge is 0.269 e. The molecule has 1 aliphatic heterocycles. The van der Waals surface area contributed by atoms with Gasteiger partial charge in [0.05, 0.1) is 11.3 Å². The molecule has 1 amide bonds. The Labute approximate surface area is 140 Å². The lowest BCUT2D eigenvalue weighted by molar-refractivity contribution is -0.384. The Hall–Kier alpha value is -2.73. The summed E-state index contributed by atoms with van der Waals surface area (Å²) in [6.07, 6.45) is 0.149. The van der Waals surface area contributed by atoms with Crippen LogP contribution in [0.4, 0.5) is 5.69 Å². The summed E-state index contributed by atoms with van der Waals surface area (Å²) in [7, 11) is 0. The van der Waals surface area contributed by atoms with Crippen LogP contribution >= 0.6 is 0 Å². The first-order valence-corrected chi connectivity index (χ1v) is 7.86. The zero-order valence-corrected chi connectivity index (χ0v) is 13.2. The molecule has 1 aliphatic rings. The molecule has 124 valence electrons. The number of nitrogens with zero attached hydrogens (tertiary/aromatic N) is 2. The van der Waals surface area contributed by atoms with E-state index in [4.69, 9.17) is 5.73 Å². The van der Waals surface area contributed by atoms with E-state index in [-0.39, 0.29) is 30.0 Å². The highest BCUT2D eigenvalue weighted by molar-refractivity contribution is 5.79. The molecule has 0 spiro atoms. The molecule has 24 heavy (non-hydrogen) atoms. The maximum Gasteiger partial charge on any atom is 0.269 e. The molecule has 6 heteroatoms. The molecule has 2 atom stereocenters. The summed E-state index contributed by atoms with van der Waals surface area (Å²) in [6, 6.07) is 16.0. The van der Waals surface area contributed by atoms with Crippen LogP contribution in [-0.2, 0) is 11.2 Å². The van der Waals surface area contributed by atoms with Crippen LogP contribution in [0.15, 0.2) is 54.6 Å². The van der Waals surface area contributed by atoms with E-state index >= 15 is 0 Å².